The lowest BCUT2D eigenvalue weighted by Crippen LogP contribution is -2.28. The molecule has 74 valence electrons. The molecular formula is C11H15N3. The van der Waals surface area contributed by atoms with Crippen LogP contribution < -0.4 is 5.32 Å². The van der Waals surface area contributed by atoms with Crippen LogP contribution in [0.4, 0.5) is 0 Å². The van der Waals surface area contributed by atoms with E-state index in [9.17, 15) is 0 Å². The van der Waals surface area contributed by atoms with Gasteiger partial charge in [0.15, 0.2) is 0 Å². The minimum Gasteiger partial charge on any atom is -0.307 e. The molecule has 0 saturated heterocycles. The highest BCUT2D eigenvalue weighted by Crippen LogP contribution is 2.11. The zero-order valence-corrected chi connectivity index (χ0v) is 8.57. The minimum absolute atomic E-state index is 0.218. The molecule has 3 heteroatoms. The average Bonchev–Trinajstić information content (AvgIpc) is 2.19. The highest BCUT2D eigenvalue weighted by atomic mass is 14.9. The van der Waals surface area contributed by atoms with Crippen molar-refractivity contribution in [2.45, 2.75) is 32.4 Å². The van der Waals surface area contributed by atoms with Crippen molar-refractivity contribution in [3.8, 4) is 6.07 Å². The monoisotopic (exact) mass is 189 g/mol. The fourth-order valence-corrected chi connectivity index (χ4v) is 1.35. The van der Waals surface area contributed by atoms with Crippen LogP contribution in [0.2, 0.25) is 0 Å². The van der Waals surface area contributed by atoms with E-state index in [1.165, 1.54) is 0 Å². The molecule has 0 bridgehead atoms. The first kappa shape index (κ1) is 10.7. The number of nitriles is 1. The first-order chi connectivity index (χ1) is 6.74. The number of pyridine rings is 1. The van der Waals surface area contributed by atoms with Gasteiger partial charge in [-0.05, 0) is 25.5 Å². The number of hydrogen-bond acceptors (Lipinski definition) is 3. The molecule has 0 aliphatic rings. The van der Waals surface area contributed by atoms with Crippen LogP contribution >= 0.6 is 0 Å². The van der Waals surface area contributed by atoms with E-state index in [1.807, 2.05) is 25.3 Å². The van der Waals surface area contributed by atoms with Gasteiger partial charge < -0.3 is 5.32 Å². The fraction of sp³-hybridized carbons (Fsp3) is 0.455. The van der Waals surface area contributed by atoms with Crippen molar-refractivity contribution >= 4 is 0 Å². The van der Waals surface area contributed by atoms with Crippen molar-refractivity contribution in [3.05, 3.63) is 30.1 Å². The van der Waals surface area contributed by atoms with E-state index in [0.717, 1.165) is 5.56 Å². The molecular weight excluding hydrogens is 174 g/mol. The summed E-state index contributed by atoms with van der Waals surface area (Å²) in [5, 5.41) is 11.9. The summed E-state index contributed by atoms with van der Waals surface area (Å²) in [6.07, 6.45) is 4.14. The van der Waals surface area contributed by atoms with E-state index in [0.29, 0.717) is 6.42 Å². The number of aromatic nitrogens is 1. The summed E-state index contributed by atoms with van der Waals surface area (Å²) in [4.78, 5) is 4.05. The Morgan fingerprint density at radius 2 is 2.36 bits per heavy atom. The molecule has 0 aliphatic heterocycles. The number of nitrogens with zero attached hydrogens (tertiary/aromatic N) is 2. The van der Waals surface area contributed by atoms with Crippen LogP contribution in [0.5, 0.6) is 0 Å². The summed E-state index contributed by atoms with van der Waals surface area (Å²) in [6, 6.07) is 6.56. The zero-order chi connectivity index (χ0) is 10.4. The summed E-state index contributed by atoms with van der Waals surface area (Å²) in [5.41, 5.74) is 1.15. The van der Waals surface area contributed by atoms with Crippen molar-refractivity contribution in [1.82, 2.24) is 10.3 Å². The molecule has 0 saturated carbocycles. The van der Waals surface area contributed by atoms with Gasteiger partial charge in [-0.15, -0.1) is 0 Å². The number of hydrogen-bond donors (Lipinski definition) is 1. The van der Waals surface area contributed by atoms with Gasteiger partial charge in [0.25, 0.3) is 0 Å². The molecule has 0 radical (unpaired) electrons. The normalized spacial score (nSPS) is 14.4. The van der Waals surface area contributed by atoms with E-state index >= 15 is 0 Å². The van der Waals surface area contributed by atoms with Crippen molar-refractivity contribution in [2.24, 2.45) is 0 Å². The third kappa shape index (κ3) is 3.15. The predicted octanol–water partition coefficient (Wildman–Crippen LogP) is 2.03. The zero-order valence-electron chi connectivity index (χ0n) is 8.57. The van der Waals surface area contributed by atoms with Gasteiger partial charge >= 0.3 is 0 Å². The molecule has 1 unspecified atom stereocenters. The largest absolute Gasteiger partial charge is 0.307 e. The molecule has 0 fully saturated rings. The Morgan fingerprint density at radius 3 is 2.93 bits per heavy atom. The van der Waals surface area contributed by atoms with Crippen molar-refractivity contribution in [2.75, 3.05) is 0 Å². The number of rotatable bonds is 4. The molecule has 1 aromatic rings. The maximum Gasteiger partial charge on any atom is 0.0638 e. The Bertz CT molecular complexity index is 302. The number of nitrogens with one attached hydrogen (secondary N) is 1. The molecule has 0 aliphatic carbocycles. The summed E-state index contributed by atoms with van der Waals surface area (Å²) in [5.74, 6) is 0. The third-order valence-corrected chi connectivity index (χ3v) is 2.12. The van der Waals surface area contributed by atoms with E-state index in [4.69, 9.17) is 5.26 Å². The highest BCUT2D eigenvalue weighted by molar-refractivity contribution is 5.12. The van der Waals surface area contributed by atoms with Crippen molar-refractivity contribution in [3.63, 3.8) is 0 Å². The Hall–Kier alpha value is -1.40. The quantitative estimate of drug-likeness (QED) is 0.788. The predicted molar refractivity (Wildman–Crippen MR) is 55.5 cm³/mol. The molecule has 14 heavy (non-hydrogen) atoms. The van der Waals surface area contributed by atoms with Crippen LogP contribution in [0.25, 0.3) is 0 Å². The fourth-order valence-electron chi connectivity index (χ4n) is 1.35. The molecule has 1 heterocycles. The van der Waals surface area contributed by atoms with Crippen LogP contribution in [0.3, 0.4) is 0 Å². The highest BCUT2D eigenvalue weighted by Gasteiger charge is 2.08. The SMILES string of the molecule is CC(CC#N)N[C@@H](C)c1cccnc1. The van der Waals surface area contributed by atoms with Gasteiger partial charge in [0.1, 0.15) is 0 Å². The minimum atomic E-state index is 0.218. The second-order valence-electron chi connectivity index (χ2n) is 3.44. The van der Waals surface area contributed by atoms with Crippen molar-refractivity contribution < 1.29 is 0 Å². The molecule has 1 rings (SSSR count). The van der Waals surface area contributed by atoms with Gasteiger partial charge in [0.05, 0.1) is 12.5 Å². The Kier molecular flexibility index (Phi) is 4.09. The summed E-state index contributed by atoms with van der Waals surface area (Å²) >= 11 is 0. The maximum absolute atomic E-state index is 8.52. The molecule has 3 nitrogen and oxygen atoms in total. The first-order valence-electron chi connectivity index (χ1n) is 4.77. The molecule has 0 aromatic carbocycles. The van der Waals surface area contributed by atoms with Crippen LogP contribution in [-0.2, 0) is 0 Å². The van der Waals surface area contributed by atoms with E-state index < -0.39 is 0 Å². The van der Waals surface area contributed by atoms with Gasteiger partial charge in [-0.2, -0.15) is 5.26 Å². The van der Waals surface area contributed by atoms with E-state index in [-0.39, 0.29) is 12.1 Å². The summed E-state index contributed by atoms with van der Waals surface area (Å²) in [6.45, 7) is 4.08. The maximum atomic E-state index is 8.52. The van der Waals surface area contributed by atoms with E-state index in [2.05, 4.69) is 23.3 Å². The van der Waals surface area contributed by atoms with Gasteiger partial charge in [-0.3, -0.25) is 4.98 Å². The molecule has 1 aromatic heterocycles. The molecule has 2 atom stereocenters. The first-order valence-corrected chi connectivity index (χ1v) is 4.77. The van der Waals surface area contributed by atoms with Crippen LogP contribution in [0.15, 0.2) is 24.5 Å². The topological polar surface area (TPSA) is 48.7 Å². The van der Waals surface area contributed by atoms with Gasteiger partial charge in [-0.25, -0.2) is 0 Å². The second-order valence-corrected chi connectivity index (χ2v) is 3.44. The van der Waals surface area contributed by atoms with Crippen LogP contribution in [-0.4, -0.2) is 11.0 Å². The lowest BCUT2D eigenvalue weighted by Gasteiger charge is -2.17. The van der Waals surface area contributed by atoms with Crippen LogP contribution in [0, 0.1) is 11.3 Å². The summed E-state index contributed by atoms with van der Waals surface area (Å²) < 4.78 is 0. The van der Waals surface area contributed by atoms with Crippen LogP contribution in [0.1, 0.15) is 31.9 Å². The Labute approximate surface area is 84.8 Å². The second kappa shape index (κ2) is 5.36. The third-order valence-electron chi connectivity index (χ3n) is 2.12. The van der Waals surface area contributed by atoms with Gasteiger partial charge in [-0.1, -0.05) is 6.07 Å². The molecule has 0 amide bonds. The lowest BCUT2D eigenvalue weighted by molar-refractivity contribution is 0.484. The average molecular weight is 189 g/mol. The smallest absolute Gasteiger partial charge is 0.0638 e. The lowest BCUT2D eigenvalue weighted by atomic mass is 10.1. The van der Waals surface area contributed by atoms with E-state index in [1.54, 1.807) is 6.20 Å². The van der Waals surface area contributed by atoms with Gasteiger partial charge in [0.2, 0.25) is 0 Å². The standard InChI is InChI=1S/C11H15N3/c1-9(5-6-12)14-10(2)11-4-3-7-13-8-11/h3-4,7-10,14H,5H2,1-2H3/t9?,10-/m0/s1. The Morgan fingerprint density at radius 1 is 1.57 bits per heavy atom. The molecule has 0 spiro atoms. The molecule has 1 N–H and O–H groups in total. The summed E-state index contributed by atoms with van der Waals surface area (Å²) in [7, 11) is 0. The Balaban J connectivity index is 2.51. The van der Waals surface area contributed by atoms with Gasteiger partial charge in [0, 0.05) is 24.5 Å². The van der Waals surface area contributed by atoms with Crippen molar-refractivity contribution in [1.29, 1.82) is 5.26 Å².